The number of alkyl halides is 2. The van der Waals surface area contributed by atoms with E-state index in [2.05, 4.69) is 10.4 Å². The maximum Gasteiger partial charge on any atom is 0.498 e. The van der Waals surface area contributed by atoms with Crippen LogP contribution in [0.1, 0.15) is 53.5 Å². The molecule has 0 radical (unpaired) electrons. The number of halogens is 2. The largest absolute Gasteiger partial charge is 0.498 e. The van der Waals surface area contributed by atoms with E-state index in [9.17, 15) is 18.4 Å². The van der Waals surface area contributed by atoms with Gasteiger partial charge in [-0.1, -0.05) is 19.1 Å². The van der Waals surface area contributed by atoms with Gasteiger partial charge in [0.2, 0.25) is 5.91 Å². The highest BCUT2D eigenvalue weighted by Gasteiger charge is 2.52. The fraction of sp³-hybridized carbons (Fsp3) is 0.444. The number of hydrogen-bond acceptors (Lipinski definition) is 6. The second-order valence-electron chi connectivity index (χ2n) is 10.5. The third kappa shape index (κ3) is 4.92. The highest BCUT2D eigenvalue weighted by molar-refractivity contribution is 6.63. The lowest BCUT2D eigenvalue weighted by atomic mass is 9.78. The van der Waals surface area contributed by atoms with Crippen LogP contribution in [0.2, 0.25) is 0 Å². The van der Waals surface area contributed by atoms with Crippen LogP contribution in [0.25, 0.3) is 0 Å². The number of benzene rings is 2. The number of carbonyl (C=O) groups is 2. The quantitative estimate of drug-likeness (QED) is 0.424. The zero-order valence-corrected chi connectivity index (χ0v) is 22.6. The summed E-state index contributed by atoms with van der Waals surface area (Å²) in [6, 6.07) is 10.5. The van der Waals surface area contributed by atoms with Crippen LogP contribution in [0.15, 0.2) is 47.6 Å². The third-order valence-electron chi connectivity index (χ3n) is 7.35. The molecular formula is C27H32BF2N3O5. The number of hydrogen-bond donors (Lipinski definition) is 1. The van der Waals surface area contributed by atoms with E-state index in [0.29, 0.717) is 16.9 Å². The number of ether oxygens (including phenoxy) is 1. The zero-order chi connectivity index (χ0) is 28.0. The molecule has 2 amide bonds. The van der Waals surface area contributed by atoms with Crippen LogP contribution in [0.5, 0.6) is 5.75 Å². The number of hydrazone groups is 1. The molecule has 2 aliphatic heterocycles. The predicted octanol–water partition coefficient (Wildman–Crippen LogP) is 4.47. The molecule has 0 aliphatic carbocycles. The van der Waals surface area contributed by atoms with E-state index in [1.165, 1.54) is 38.3 Å². The number of nitrogens with zero attached hydrogens (tertiary/aromatic N) is 2. The Morgan fingerprint density at radius 3 is 2.42 bits per heavy atom. The molecule has 2 aromatic rings. The average molecular weight is 527 g/mol. The summed E-state index contributed by atoms with van der Waals surface area (Å²) in [6.45, 7) is 10.7. The van der Waals surface area contributed by atoms with Crippen molar-refractivity contribution < 1.29 is 32.4 Å². The van der Waals surface area contributed by atoms with Gasteiger partial charge in [-0.2, -0.15) is 10.1 Å². The molecule has 2 heterocycles. The van der Waals surface area contributed by atoms with Crippen molar-refractivity contribution in [1.82, 2.24) is 0 Å². The molecule has 1 N–H and O–H groups in total. The van der Waals surface area contributed by atoms with Gasteiger partial charge in [-0.05, 0) is 65.0 Å². The van der Waals surface area contributed by atoms with E-state index in [0.717, 1.165) is 5.01 Å². The van der Waals surface area contributed by atoms with Gasteiger partial charge in [0.25, 0.3) is 11.8 Å². The molecule has 0 spiro atoms. The van der Waals surface area contributed by atoms with E-state index in [4.69, 9.17) is 14.0 Å². The lowest BCUT2D eigenvalue weighted by molar-refractivity contribution is -0.127. The molecule has 1 saturated heterocycles. The molecule has 0 bridgehead atoms. The van der Waals surface area contributed by atoms with Gasteiger partial charge in [-0.25, -0.2) is 8.78 Å². The molecule has 8 nitrogen and oxygen atoms in total. The Hall–Kier alpha value is -3.31. The fourth-order valence-corrected chi connectivity index (χ4v) is 4.30. The first-order valence-electron chi connectivity index (χ1n) is 12.4. The molecular weight excluding hydrogens is 495 g/mol. The van der Waals surface area contributed by atoms with Gasteiger partial charge in [0.15, 0.2) is 5.92 Å². The summed E-state index contributed by atoms with van der Waals surface area (Å²) in [6.07, 6.45) is -0.373. The summed E-state index contributed by atoms with van der Waals surface area (Å²) in [4.78, 5) is 26.4. The molecule has 2 aromatic carbocycles. The Morgan fingerprint density at radius 1 is 1.16 bits per heavy atom. The van der Waals surface area contributed by atoms with Crippen LogP contribution in [0.3, 0.4) is 0 Å². The second kappa shape index (κ2) is 9.78. The zero-order valence-electron chi connectivity index (χ0n) is 22.6. The minimum Gasteiger partial charge on any atom is -0.497 e. The van der Waals surface area contributed by atoms with E-state index >= 15 is 0 Å². The molecule has 1 atom stereocenters. The minimum absolute atomic E-state index is 0.173. The monoisotopic (exact) mass is 527 g/mol. The Morgan fingerprint density at radius 2 is 1.82 bits per heavy atom. The molecule has 1 unspecified atom stereocenters. The average Bonchev–Trinajstić information content (AvgIpc) is 3.28. The highest BCUT2D eigenvalue weighted by Crippen LogP contribution is 2.38. The summed E-state index contributed by atoms with van der Waals surface area (Å²) < 4.78 is 46.1. The van der Waals surface area contributed by atoms with Crippen molar-refractivity contribution in [1.29, 1.82) is 0 Å². The van der Waals surface area contributed by atoms with Crippen molar-refractivity contribution in [2.75, 3.05) is 17.4 Å². The van der Waals surface area contributed by atoms with Gasteiger partial charge in [0.1, 0.15) is 5.75 Å². The van der Waals surface area contributed by atoms with Crippen LogP contribution in [0.4, 0.5) is 20.2 Å². The van der Waals surface area contributed by atoms with Crippen LogP contribution in [-0.2, 0) is 24.8 Å². The van der Waals surface area contributed by atoms with Crippen LogP contribution in [0, 0.1) is 5.92 Å². The number of rotatable bonds is 7. The SMILES string of the molecule is CCC(F)(F)c1cccc(NC(=O)C2C(=O)N(c3ccc(OC)c(B4OC(C)(C)C(C)(C)O4)c3)N=C2C)c1. The number of anilines is 2. The first-order chi connectivity index (χ1) is 17.7. The highest BCUT2D eigenvalue weighted by atomic mass is 19.3. The molecule has 4 rings (SSSR count). The summed E-state index contributed by atoms with van der Waals surface area (Å²) >= 11 is 0. The lowest BCUT2D eigenvalue weighted by Crippen LogP contribution is -2.41. The van der Waals surface area contributed by atoms with Crippen molar-refractivity contribution in [3.05, 3.63) is 48.0 Å². The molecule has 38 heavy (non-hydrogen) atoms. The van der Waals surface area contributed by atoms with Gasteiger partial charge in [-0.15, -0.1) is 0 Å². The maximum atomic E-state index is 14.1. The number of amides is 2. The lowest BCUT2D eigenvalue weighted by Gasteiger charge is -2.32. The van der Waals surface area contributed by atoms with E-state index in [1.807, 2.05) is 27.7 Å². The first-order valence-corrected chi connectivity index (χ1v) is 12.4. The minimum atomic E-state index is -3.03. The van der Waals surface area contributed by atoms with Crippen molar-refractivity contribution in [3.63, 3.8) is 0 Å². The number of carbonyl (C=O) groups excluding carboxylic acids is 2. The van der Waals surface area contributed by atoms with Crippen molar-refractivity contribution in [3.8, 4) is 5.75 Å². The molecule has 202 valence electrons. The third-order valence-corrected chi connectivity index (χ3v) is 7.35. The van der Waals surface area contributed by atoms with Crippen molar-refractivity contribution >= 4 is 41.5 Å². The number of nitrogens with one attached hydrogen (secondary N) is 1. The molecule has 0 aromatic heterocycles. The molecule has 2 aliphatic rings. The van der Waals surface area contributed by atoms with Crippen molar-refractivity contribution in [2.24, 2.45) is 11.0 Å². The van der Waals surface area contributed by atoms with Crippen LogP contribution < -0.4 is 20.5 Å². The van der Waals surface area contributed by atoms with E-state index in [1.54, 1.807) is 25.1 Å². The van der Waals surface area contributed by atoms with Gasteiger partial charge in [-0.3, -0.25) is 9.59 Å². The second-order valence-corrected chi connectivity index (χ2v) is 10.5. The van der Waals surface area contributed by atoms with E-state index in [-0.39, 0.29) is 23.4 Å². The standard InChI is InChI=1S/C27H32BF2N3O5/c1-8-27(29,30)17-10-9-11-18(14-17)31-23(34)22-16(2)32-33(24(22)35)19-12-13-21(36-7)20(15-19)28-37-25(3,4)26(5,6)38-28/h9-15,22H,8H2,1-7H3,(H,31,34). The maximum absolute atomic E-state index is 14.1. The van der Waals surface area contributed by atoms with Gasteiger partial charge < -0.3 is 19.4 Å². The Labute approximate surface area is 221 Å². The van der Waals surface area contributed by atoms with Gasteiger partial charge >= 0.3 is 7.12 Å². The topological polar surface area (TPSA) is 89.5 Å². The summed E-state index contributed by atoms with van der Waals surface area (Å²) in [5, 5.41) is 8.06. The van der Waals surface area contributed by atoms with Crippen LogP contribution in [-0.4, -0.2) is 43.0 Å². The van der Waals surface area contributed by atoms with Gasteiger partial charge in [0, 0.05) is 23.1 Å². The van der Waals surface area contributed by atoms with Gasteiger partial charge in [0.05, 0.1) is 29.7 Å². The fourth-order valence-electron chi connectivity index (χ4n) is 4.30. The Kier molecular flexibility index (Phi) is 7.13. The smallest absolute Gasteiger partial charge is 0.497 e. The number of methoxy groups -OCH3 is 1. The summed E-state index contributed by atoms with van der Waals surface area (Å²) in [5.74, 6) is -4.96. The van der Waals surface area contributed by atoms with Crippen molar-refractivity contribution in [2.45, 2.75) is 65.1 Å². The molecule has 0 saturated carbocycles. The Bertz CT molecular complexity index is 1280. The molecule has 1 fully saturated rings. The normalized spacial score (nSPS) is 20.5. The predicted molar refractivity (Wildman–Crippen MR) is 142 cm³/mol. The first kappa shape index (κ1) is 27.7. The molecule has 11 heteroatoms. The summed E-state index contributed by atoms with van der Waals surface area (Å²) in [5.41, 5.74) is 0.0427. The van der Waals surface area contributed by atoms with E-state index < -0.39 is 42.0 Å². The van der Waals surface area contributed by atoms with Crippen LogP contribution >= 0.6 is 0 Å². The summed E-state index contributed by atoms with van der Waals surface area (Å²) in [7, 11) is 0.781. The Balaban J connectivity index is 1.57.